The number of aromatic hydroxyl groups is 1. The summed E-state index contributed by atoms with van der Waals surface area (Å²) in [4.78, 5) is 19.5. The number of rotatable bonds is 2. The standard InChI is InChI=1S/C14H15N3O2/c18-11-3-1-2-10(7-11)17-14(19)9-4-5-12-13(6-9)16-8-15-12/h1-3,7-9,18H,4-6H2,(H,15,16)(H,17,19). The lowest BCUT2D eigenvalue weighted by atomic mass is 9.89. The van der Waals surface area contributed by atoms with E-state index in [0.29, 0.717) is 12.1 Å². The largest absolute Gasteiger partial charge is 0.508 e. The van der Waals surface area contributed by atoms with Crippen LogP contribution in [-0.2, 0) is 17.6 Å². The predicted molar refractivity (Wildman–Crippen MR) is 70.8 cm³/mol. The van der Waals surface area contributed by atoms with Gasteiger partial charge in [-0.1, -0.05) is 6.07 Å². The minimum absolute atomic E-state index is 0.00847. The minimum atomic E-state index is -0.0460. The number of fused-ring (bicyclic) bond motifs is 1. The van der Waals surface area contributed by atoms with Crippen molar-refractivity contribution in [2.75, 3.05) is 5.32 Å². The first kappa shape index (κ1) is 11.8. The summed E-state index contributed by atoms with van der Waals surface area (Å²) < 4.78 is 0. The molecule has 1 atom stereocenters. The van der Waals surface area contributed by atoms with Crippen LogP contribution >= 0.6 is 0 Å². The number of H-pyrrole nitrogens is 1. The topological polar surface area (TPSA) is 78.0 Å². The van der Waals surface area contributed by atoms with Crippen LogP contribution < -0.4 is 5.32 Å². The van der Waals surface area contributed by atoms with E-state index in [-0.39, 0.29) is 17.6 Å². The quantitative estimate of drug-likeness (QED) is 0.768. The average Bonchev–Trinajstić information content (AvgIpc) is 2.85. The molecule has 1 aromatic heterocycles. The van der Waals surface area contributed by atoms with Crippen LogP contribution in [0.25, 0.3) is 0 Å². The predicted octanol–water partition coefficient (Wildman–Crippen LogP) is 1.86. The minimum Gasteiger partial charge on any atom is -0.508 e. The van der Waals surface area contributed by atoms with Crippen molar-refractivity contribution in [3.63, 3.8) is 0 Å². The Labute approximate surface area is 110 Å². The van der Waals surface area contributed by atoms with Gasteiger partial charge in [0.05, 0.1) is 12.0 Å². The number of amides is 1. The van der Waals surface area contributed by atoms with Gasteiger partial charge in [0, 0.05) is 29.8 Å². The van der Waals surface area contributed by atoms with Crippen LogP contribution in [0, 0.1) is 5.92 Å². The Morgan fingerprint density at radius 3 is 3.21 bits per heavy atom. The van der Waals surface area contributed by atoms with Gasteiger partial charge in [0.15, 0.2) is 0 Å². The van der Waals surface area contributed by atoms with Crippen molar-refractivity contribution in [3.05, 3.63) is 42.0 Å². The van der Waals surface area contributed by atoms with Gasteiger partial charge in [-0.15, -0.1) is 0 Å². The van der Waals surface area contributed by atoms with Crippen LogP contribution in [0.5, 0.6) is 5.75 Å². The highest BCUT2D eigenvalue weighted by Gasteiger charge is 2.26. The first-order valence-electron chi connectivity index (χ1n) is 6.33. The van der Waals surface area contributed by atoms with Crippen LogP contribution in [-0.4, -0.2) is 21.0 Å². The van der Waals surface area contributed by atoms with Crippen molar-refractivity contribution < 1.29 is 9.90 Å². The van der Waals surface area contributed by atoms with Gasteiger partial charge in [-0.2, -0.15) is 0 Å². The lowest BCUT2D eigenvalue weighted by Gasteiger charge is -2.20. The summed E-state index contributed by atoms with van der Waals surface area (Å²) in [6.45, 7) is 0. The maximum absolute atomic E-state index is 12.2. The Balaban J connectivity index is 1.69. The van der Waals surface area contributed by atoms with Gasteiger partial charge in [0.2, 0.25) is 5.91 Å². The number of phenols is 1. The molecule has 0 saturated heterocycles. The highest BCUT2D eigenvalue weighted by Crippen LogP contribution is 2.24. The van der Waals surface area contributed by atoms with E-state index in [1.807, 2.05) is 0 Å². The molecule has 0 saturated carbocycles. The summed E-state index contributed by atoms with van der Waals surface area (Å²) in [5.74, 6) is 0.0958. The van der Waals surface area contributed by atoms with Gasteiger partial charge in [-0.3, -0.25) is 4.79 Å². The number of hydrogen-bond donors (Lipinski definition) is 3. The Morgan fingerprint density at radius 2 is 2.37 bits per heavy atom. The van der Waals surface area contributed by atoms with E-state index >= 15 is 0 Å². The van der Waals surface area contributed by atoms with Crippen molar-refractivity contribution in [1.29, 1.82) is 0 Å². The summed E-state index contributed by atoms with van der Waals surface area (Å²) >= 11 is 0. The molecule has 1 aliphatic carbocycles. The molecule has 0 spiro atoms. The molecule has 0 aliphatic heterocycles. The Hall–Kier alpha value is -2.30. The molecule has 0 bridgehead atoms. The number of aromatic nitrogens is 2. The summed E-state index contributed by atoms with van der Waals surface area (Å²) in [6.07, 6.45) is 4.01. The number of aromatic amines is 1. The van der Waals surface area contributed by atoms with E-state index in [1.54, 1.807) is 30.6 Å². The highest BCUT2D eigenvalue weighted by molar-refractivity contribution is 5.93. The normalized spacial score (nSPS) is 17.8. The fraction of sp³-hybridized carbons (Fsp3) is 0.286. The van der Waals surface area contributed by atoms with Gasteiger partial charge in [0.25, 0.3) is 0 Å². The van der Waals surface area contributed by atoms with E-state index in [2.05, 4.69) is 15.3 Å². The number of benzene rings is 1. The van der Waals surface area contributed by atoms with Crippen LogP contribution in [0.4, 0.5) is 5.69 Å². The molecule has 98 valence electrons. The van der Waals surface area contributed by atoms with Gasteiger partial charge in [-0.05, 0) is 25.0 Å². The molecule has 3 rings (SSSR count). The second-order valence-electron chi connectivity index (χ2n) is 4.81. The van der Waals surface area contributed by atoms with Crippen molar-refractivity contribution >= 4 is 11.6 Å². The summed E-state index contributed by atoms with van der Waals surface area (Å²) in [5.41, 5.74) is 2.75. The number of carbonyl (C=O) groups is 1. The summed E-state index contributed by atoms with van der Waals surface area (Å²) in [7, 11) is 0. The van der Waals surface area contributed by atoms with Crippen LogP contribution in [0.1, 0.15) is 17.8 Å². The monoisotopic (exact) mass is 257 g/mol. The smallest absolute Gasteiger partial charge is 0.227 e. The lowest BCUT2D eigenvalue weighted by molar-refractivity contribution is -0.120. The molecule has 1 unspecified atom stereocenters. The maximum atomic E-state index is 12.2. The zero-order chi connectivity index (χ0) is 13.2. The number of aryl methyl sites for hydroxylation is 1. The van der Waals surface area contributed by atoms with E-state index in [0.717, 1.165) is 24.2 Å². The fourth-order valence-corrected chi connectivity index (χ4v) is 2.45. The SMILES string of the molecule is O=C(Nc1cccc(O)c1)C1CCc2nc[nH]c2C1. The van der Waals surface area contributed by atoms with E-state index < -0.39 is 0 Å². The van der Waals surface area contributed by atoms with E-state index in [1.165, 1.54) is 0 Å². The molecule has 1 amide bonds. The third-order valence-corrected chi connectivity index (χ3v) is 3.47. The molecule has 1 aliphatic rings. The highest BCUT2D eigenvalue weighted by atomic mass is 16.3. The van der Waals surface area contributed by atoms with Gasteiger partial charge >= 0.3 is 0 Å². The number of imidazole rings is 1. The molecular weight excluding hydrogens is 242 g/mol. The van der Waals surface area contributed by atoms with Gasteiger partial charge < -0.3 is 15.4 Å². The number of nitrogens with zero attached hydrogens (tertiary/aromatic N) is 1. The summed E-state index contributed by atoms with van der Waals surface area (Å²) in [5, 5.41) is 12.2. The van der Waals surface area contributed by atoms with Crippen molar-refractivity contribution in [1.82, 2.24) is 9.97 Å². The number of anilines is 1. The number of carbonyl (C=O) groups excluding carboxylic acids is 1. The molecule has 5 nitrogen and oxygen atoms in total. The molecule has 2 aromatic rings. The van der Waals surface area contributed by atoms with Crippen molar-refractivity contribution in [3.8, 4) is 5.75 Å². The Kier molecular flexibility index (Phi) is 2.95. The molecule has 1 heterocycles. The molecule has 0 fully saturated rings. The second-order valence-corrected chi connectivity index (χ2v) is 4.81. The number of hydrogen-bond acceptors (Lipinski definition) is 3. The first-order valence-corrected chi connectivity index (χ1v) is 6.33. The second kappa shape index (κ2) is 4.76. The molecule has 5 heteroatoms. The number of nitrogens with one attached hydrogen (secondary N) is 2. The third-order valence-electron chi connectivity index (χ3n) is 3.47. The third kappa shape index (κ3) is 2.45. The van der Waals surface area contributed by atoms with E-state index in [9.17, 15) is 9.90 Å². The molecule has 3 N–H and O–H groups in total. The fourth-order valence-electron chi connectivity index (χ4n) is 2.45. The van der Waals surface area contributed by atoms with Crippen LogP contribution in [0.15, 0.2) is 30.6 Å². The van der Waals surface area contributed by atoms with Crippen molar-refractivity contribution in [2.45, 2.75) is 19.3 Å². The maximum Gasteiger partial charge on any atom is 0.227 e. The Bertz CT molecular complexity index is 606. The summed E-state index contributed by atoms with van der Waals surface area (Å²) in [6, 6.07) is 6.59. The molecule has 19 heavy (non-hydrogen) atoms. The zero-order valence-corrected chi connectivity index (χ0v) is 10.4. The molecule has 1 aromatic carbocycles. The van der Waals surface area contributed by atoms with Gasteiger partial charge in [0.1, 0.15) is 5.75 Å². The molecule has 0 radical (unpaired) electrons. The first-order chi connectivity index (χ1) is 9.22. The average molecular weight is 257 g/mol. The zero-order valence-electron chi connectivity index (χ0n) is 10.4. The Morgan fingerprint density at radius 1 is 1.47 bits per heavy atom. The van der Waals surface area contributed by atoms with Crippen molar-refractivity contribution in [2.24, 2.45) is 5.92 Å². The molecular formula is C14H15N3O2. The van der Waals surface area contributed by atoms with Crippen LogP contribution in [0.2, 0.25) is 0 Å². The van der Waals surface area contributed by atoms with E-state index in [4.69, 9.17) is 0 Å². The lowest BCUT2D eigenvalue weighted by Crippen LogP contribution is -2.28. The van der Waals surface area contributed by atoms with Gasteiger partial charge in [-0.25, -0.2) is 4.98 Å². The van der Waals surface area contributed by atoms with Crippen LogP contribution in [0.3, 0.4) is 0 Å². The number of phenolic OH excluding ortho intramolecular Hbond substituents is 1.